The van der Waals surface area contributed by atoms with Crippen LogP contribution in [0, 0.1) is 0 Å². The van der Waals surface area contributed by atoms with Gasteiger partial charge in [0.25, 0.3) is 0 Å². The second-order valence-corrected chi connectivity index (χ2v) is 18.9. The van der Waals surface area contributed by atoms with Crippen LogP contribution >= 0.6 is 0 Å². The molecule has 0 aromatic rings. The van der Waals surface area contributed by atoms with Crippen LogP contribution in [0.15, 0.2) is 97.2 Å². The van der Waals surface area contributed by atoms with Crippen LogP contribution in [0.5, 0.6) is 0 Å². The molecule has 0 aromatic heterocycles. The molecule has 0 spiro atoms. The lowest BCUT2D eigenvalue weighted by molar-refractivity contribution is -0.305. The number of hydrogen-bond acceptors (Lipinski definition) is 10. The second-order valence-electron chi connectivity index (χ2n) is 18.9. The van der Waals surface area contributed by atoms with Gasteiger partial charge in [-0.15, -0.1) is 0 Å². The molecule has 1 rings (SSSR count). The molecule has 8 unspecified atom stereocenters. The van der Waals surface area contributed by atoms with Crippen molar-refractivity contribution in [2.75, 3.05) is 13.2 Å². The van der Waals surface area contributed by atoms with Gasteiger partial charge in [-0.2, -0.15) is 0 Å². The Morgan fingerprint density at radius 2 is 1.01 bits per heavy atom. The number of nitrogens with one attached hydrogen (secondary N) is 1. The highest BCUT2D eigenvalue weighted by Gasteiger charge is 2.47. The molecule has 0 aliphatic carbocycles. The predicted octanol–water partition coefficient (Wildman–Crippen LogP) is 12.4. The van der Waals surface area contributed by atoms with E-state index in [0.717, 1.165) is 109 Å². The lowest BCUT2D eigenvalue weighted by Gasteiger charge is -2.41. The van der Waals surface area contributed by atoms with Crippen LogP contribution in [0.1, 0.15) is 207 Å². The molecule has 406 valence electrons. The van der Waals surface area contributed by atoms with Gasteiger partial charge < -0.3 is 45.1 Å². The minimum atomic E-state index is -1.64. The van der Waals surface area contributed by atoms with Crippen LogP contribution in [-0.4, -0.2) is 99.6 Å². The highest BCUT2D eigenvalue weighted by Crippen LogP contribution is 2.26. The fourth-order valence-electron chi connectivity index (χ4n) is 8.08. The van der Waals surface area contributed by atoms with Crippen molar-refractivity contribution in [1.29, 1.82) is 0 Å². The van der Waals surface area contributed by atoms with Gasteiger partial charge in [-0.25, -0.2) is 0 Å². The molecule has 0 radical (unpaired) electrons. The maximum Gasteiger partial charge on any atom is 0.306 e. The molecule has 11 nitrogen and oxygen atoms in total. The fourth-order valence-corrected chi connectivity index (χ4v) is 8.08. The lowest BCUT2D eigenvalue weighted by atomic mass is 9.99. The number of rotatable bonds is 45. The third-order valence-corrected chi connectivity index (χ3v) is 12.5. The zero-order valence-electron chi connectivity index (χ0n) is 44.6. The standard InChI is InChI=1S/C60H101NO10/c1-4-7-10-13-16-19-22-25-26-27-28-30-33-36-39-42-45-48-55(65)71-58-57(67)56(66)54(49-62)70-60(58)69-50-51(52(63)46-43-40-37-34-31-24-21-18-15-12-9-6-3)61-59(68)53(64)47-44-41-38-35-32-29-23-20-17-14-11-8-5-2/h7-8,10-11,16-17,19-20,25-26,28,30,36,39,43,46,51-54,56-58,60,62-64,66-67H,4-6,9,12-15,18,21-24,27,29,31-35,37-38,40-42,44-45,47-50H2,1-3H3,(H,61,68)/b10-7-,11-8+,19-16-,20-17+,26-25-,30-28-,39-36-,46-43+. The summed E-state index contributed by atoms with van der Waals surface area (Å²) >= 11 is 0. The number of esters is 1. The summed E-state index contributed by atoms with van der Waals surface area (Å²) in [6.45, 7) is 5.50. The van der Waals surface area contributed by atoms with Crippen molar-refractivity contribution in [3.05, 3.63) is 97.2 Å². The highest BCUT2D eigenvalue weighted by atomic mass is 16.7. The van der Waals surface area contributed by atoms with Gasteiger partial charge in [0.15, 0.2) is 12.4 Å². The number of unbranched alkanes of at least 4 members (excludes halogenated alkanes) is 17. The lowest BCUT2D eigenvalue weighted by Crippen LogP contribution is -2.61. The normalized spacial score (nSPS) is 20.4. The van der Waals surface area contributed by atoms with E-state index in [4.69, 9.17) is 14.2 Å². The SMILES string of the molecule is CC/C=C\C/C=C\C/C=C\C/C=C\C/C=C\CCCC(=O)OC1C(OCC(NC(=O)C(O)CCCCCCCC/C=C/C/C=C/CC)C(O)/C=C/CCCCCCCCCCCC)OC(CO)C(O)C1O. The van der Waals surface area contributed by atoms with E-state index in [2.05, 4.69) is 99.0 Å². The van der Waals surface area contributed by atoms with E-state index < -0.39 is 67.4 Å². The third-order valence-electron chi connectivity index (χ3n) is 12.5. The van der Waals surface area contributed by atoms with Crippen molar-refractivity contribution in [2.24, 2.45) is 0 Å². The summed E-state index contributed by atoms with van der Waals surface area (Å²) in [7, 11) is 0. The molecule has 1 fully saturated rings. The van der Waals surface area contributed by atoms with Crippen molar-refractivity contribution in [3.8, 4) is 0 Å². The van der Waals surface area contributed by atoms with Gasteiger partial charge in [0.2, 0.25) is 5.91 Å². The Morgan fingerprint density at radius 3 is 1.52 bits per heavy atom. The summed E-state index contributed by atoms with van der Waals surface area (Å²) in [5.41, 5.74) is 0. The zero-order valence-corrected chi connectivity index (χ0v) is 44.6. The van der Waals surface area contributed by atoms with E-state index in [1.807, 2.05) is 18.2 Å². The molecule has 1 aliphatic heterocycles. The quantitative estimate of drug-likeness (QED) is 0.0196. The Kier molecular flexibility index (Phi) is 44.0. The summed E-state index contributed by atoms with van der Waals surface area (Å²) in [5.74, 6) is -1.27. The minimum absolute atomic E-state index is 0.0396. The van der Waals surface area contributed by atoms with Crippen LogP contribution in [-0.2, 0) is 23.8 Å². The van der Waals surface area contributed by atoms with Crippen LogP contribution in [0.25, 0.3) is 0 Å². The first-order chi connectivity index (χ1) is 34.7. The van der Waals surface area contributed by atoms with E-state index in [9.17, 15) is 35.1 Å². The number of carbonyl (C=O) groups excluding carboxylic acids is 2. The van der Waals surface area contributed by atoms with Crippen molar-refractivity contribution >= 4 is 11.9 Å². The Labute approximate surface area is 431 Å². The Morgan fingerprint density at radius 1 is 0.563 bits per heavy atom. The highest BCUT2D eigenvalue weighted by molar-refractivity contribution is 5.80. The summed E-state index contributed by atoms with van der Waals surface area (Å²) < 4.78 is 17.5. The molecule has 6 N–H and O–H groups in total. The van der Waals surface area contributed by atoms with E-state index in [1.165, 1.54) is 44.9 Å². The Bertz CT molecular complexity index is 1520. The zero-order chi connectivity index (χ0) is 51.8. The molecular formula is C60H101NO10. The minimum Gasteiger partial charge on any atom is -0.454 e. The Balaban J connectivity index is 2.79. The molecule has 11 heteroatoms. The first-order valence-corrected chi connectivity index (χ1v) is 28.0. The van der Waals surface area contributed by atoms with Gasteiger partial charge in [0, 0.05) is 6.42 Å². The third kappa shape index (κ3) is 36.2. The van der Waals surface area contributed by atoms with E-state index in [1.54, 1.807) is 6.08 Å². The second kappa shape index (κ2) is 47.6. The molecular weight excluding hydrogens is 895 g/mol. The molecule has 8 atom stereocenters. The Hall–Kier alpha value is -3.42. The van der Waals surface area contributed by atoms with Crippen molar-refractivity contribution in [3.63, 3.8) is 0 Å². The topological polar surface area (TPSA) is 175 Å². The number of amides is 1. The summed E-state index contributed by atoms with van der Waals surface area (Å²) in [5, 5.41) is 56.7. The molecule has 1 aliphatic rings. The van der Waals surface area contributed by atoms with E-state index in [0.29, 0.717) is 19.3 Å². The summed E-state index contributed by atoms with van der Waals surface area (Å²) in [6, 6.07) is -1.04. The molecule has 71 heavy (non-hydrogen) atoms. The molecule has 0 bridgehead atoms. The average molecular weight is 996 g/mol. The van der Waals surface area contributed by atoms with Crippen LogP contribution in [0.2, 0.25) is 0 Å². The van der Waals surface area contributed by atoms with Crippen molar-refractivity contribution < 1.29 is 49.3 Å². The number of carbonyl (C=O) groups is 2. The number of hydrogen-bond donors (Lipinski definition) is 6. The molecule has 1 saturated heterocycles. The molecule has 1 heterocycles. The van der Waals surface area contributed by atoms with Gasteiger partial charge >= 0.3 is 5.97 Å². The van der Waals surface area contributed by atoms with Gasteiger partial charge in [-0.1, -0.05) is 208 Å². The fraction of sp³-hybridized carbons (Fsp3) is 0.700. The number of allylic oxidation sites excluding steroid dienone is 15. The maximum atomic E-state index is 13.3. The monoisotopic (exact) mass is 996 g/mol. The van der Waals surface area contributed by atoms with Gasteiger partial charge in [0.1, 0.15) is 24.4 Å². The number of aliphatic hydroxyl groups is 5. The molecule has 0 aromatic carbocycles. The first-order valence-electron chi connectivity index (χ1n) is 28.0. The van der Waals surface area contributed by atoms with Crippen LogP contribution in [0.3, 0.4) is 0 Å². The average Bonchev–Trinajstić information content (AvgIpc) is 3.37. The first kappa shape index (κ1) is 65.6. The van der Waals surface area contributed by atoms with Crippen molar-refractivity contribution in [1.82, 2.24) is 5.32 Å². The molecule has 0 saturated carbocycles. The maximum absolute atomic E-state index is 13.3. The van der Waals surface area contributed by atoms with Crippen LogP contribution < -0.4 is 5.32 Å². The summed E-state index contributed by atoms with van der Waals surface area (Å²) in [6.07, 6.45) is 51.7. The van der Waals surface area contributed by atoms with E-state index in [-0.39, 0.29) is 19.4 Å². The van der Waals surface area contributed by atoms with Crippen molar-refractivity contribution in [2.45, 2.75) is 256 Å². The largest absolute Gasteiger partial charge is 0.454 e. The number of ether oxygens (including phenoxy) is 3. The molecule has 1 amide bonds. The summed E-state index contributed by atoms with van der Waals surface area (Å²) in [4.78, 5) is 26.4. The van der Waals surface area contributed by atoms with E-state index >= 15 is 0 Å². The van der Waals surface area contributed by atoms with Gasteiger partial charge in [-0.3, -0.25) is 9.59 Å². The smallest absolute Gasteiger partial charge is 0.306 e. The predicted molar refractivity (Wildman–Crippen MR) is 292 cm³/mol. The van der Waals surface area contributed by atoms with Gasteiger partial charge in [-0.05, 0) is 89.9 Å². The van der Waals surface area contributed by atoms with Crippen LogP contribution in [0.4, 0.5) is 0 Å². The van der Waals surface area contributed by atoms with Gasteiger partial charge in [0.05, 0.1) is 25.4 Å². The number of aliphatic hydroxyl groups excluding tert-OH is 5.